The predicted octanol–water partition coefficient (Wildman–Crippen LogP) is 1.20. The second-order valence-electron chi connectivity index (χ2n) is 9.63. The third-order valence-electron chi connectivity index (χ3n) is 4.16. The van der Waals surface area contributed by atoms with Gasteiger partial charge in [0.25, 0.3) is 0 Å². The van der Waals surface area contributed by atoms with Gasteiger partial charge in [0.15, 0.2) is 5.54 Å². The highest BCUT2D eigenvalue weighted by molar-refractivity contribution is 5.87. The molecule has 0 saturated carbocycles. The first-order chi connectivity index (χ1) is 15.3. The van der Waals surface area contributed by atoms with Crippen molar-refractivity contribution in [2.24, 2.45) is 0 Å². The van der Waals surface area contributed by atoms with Crippen molar-refractivity contribution in [3.8, 4) is 0 Å². The molecule has 0 aromatic carbocycles. The molecule has 1 unspecified atom stereocenters. The van der Waals surface area contributed by atoms with Gasteiger partial charge in [0.2, 0.25) is 0 Å². The van der Waals surface area contributed by atoms with E-state index in [0.717, 1.165) is 0 Å². The standard InChI is InChI=1S/C23H38N4O6/c1-21(2,3)32-19(30)16-25-12-11-24-13-14-27-23(15-18(28)29,17-9-7-8-10-26-17)20(31)33-22(4,5)6/h7-10,24-25,27H,11-16H2,1-6H3,(H,28,29). The Kier molecular flexibility index (Phi) is 10.9. The molecule has 0 fully saturated rings. The average molecular weight is 467 g/mol. The number of hydrogen-bond acceptors (Lipinski definition) is 9. The van der Waals surface area contributed by atoms with E-state index >= 15 is 0 Å². The maximum atomic E-state index is 13.1. The zero-order valence-electron chi connectivity index (χ0n) is 20.5. The average Bonchev–Trinajstić information content (AvgIpc) is 2.66. The first-order valence-electron chi connectivity index (χ1n) is 11.0. The molecule has 0 amide bonds. The van der Waals surface area contributed by atoms with Gasteiger partial charge in [0.05, 0.1) is 18.7 Å². The smallest absolute Gasteiger partial charge is 0.333 e. The quantitative estimate of drug-likeness (QED) is 0.248. The van der Waals surface area contributed by atoms with Crippen molar-refractivity contribution in [3.63, 3.8) is 0 Å². The molecule has 0 aliphatic heterocycles. The lowest BCUT2D eigenvalue weighted by Crippen LogP contribution is -2.55. The minimum atomic E-state index is -1.63. The number of hydrogen-bond donors (Lipinski definition) is 4. The Morgan fingerprint density at radius 2 is 1.52 bits per heavy atom. The van der Waals surface area contributed by atoms with Crippen LogP contribution in [0.1, 0.15) is 53.7 Å². The summed E-state index contributed by atoms with van der Waals surface area (Å²) in [6.07, 6.45) is 0.989. The van der Waals surface area contributed by atoms with Crippen LogP contribution in [0.2, 0.25) is 0 Å². The number of ether oxygens (including phenoxy) is 2. The van der Waals surface area contributed by atoms with Gasteiger partial charge in [-0.3, -0.25) is 19.9 Å². The van der Waals surface area contributed by atoms with Crippen LogP contribution >= 0.6 is 0 Å². The van der Waals surface area contributed by atoms with Gasteiger partial charge in [-0.1, -0.05) is 6.07 Å². The van der Waals surface area contributed by atoms with Crippen LogP contribution < -0.4 is 16.0 Å². The number of carbonyl (C=O) groups excluding carboxylic acids is 2. The molecule has 0 aliphatic carbocycles. The van der Waals surface area contributed by atoms with E-state index in [-0.39, 0.29) is 24.8 Å². The fourth-order valence-corrected chi connectivity index (χ4v) is 2.93. The molecule has 0 spiro atoms. The highest BCUT2D eigenvalue weighted by atomic mass is 16.6. The zero-order chi connectivity index (χ0) is 25.1. The van der Waals surface area contributed by atoms with Crippen molar-refractivity contribution < 1.29 is 29.0 Å². The van der Waals surface area contributed by atoms with Crippen LogP contribution in [0.3, 0.4) is 0 Å². The molecule has 0 bridgehead atoms. The normalized spacial score (nSPS) is 13.8. The first kappa shape index (κ1) is 28.5. The number of pyridine rings is 1. The van der Waals surface area contributed by atoms with E-state index < -0.39 is 35.1 Å². The van der Waals surface area contributed by atoms with E-state index in [4.69, 9.17) is 9.47 Å². The van der Waals surface area contributed by atoms with E-state index in [1.54, 1.807) is 39.0 Å². The molecule has 186 valence electrons. The molecule has 1 atom stereocenters. The Hall–Kier alpha value is -2.56. The van der Waals surface area contributed by atoms with Crippen LogP contribution in [0, 0.1) is 0 Å². The van der Waals surface area contributed by atoms with Gasteiger partial charge in [-0.25, -0.2) is 4.79 Å². The summed E-state index contributed by atoms with van der Waals surface area (Å²) in [7, 11) is 0. The Labute approximate surface area is 195 Å². The Morgan fingerprint density at radius 3 is 2.06 bits per heavy atom. The minimum absolute atomic E-state index is 0.108. The number of aliphatic carboxylic acids is 1. The summed E-state index contributed by atoms with van der Waals surface area (Å²) in [6, 6.07) is 4.99. The largest absolute Gasteiger partial charge is 0.481 e. The number of nitrogens with one attached hydrogen (secondary N) is 3. The predicted molar refractivity (Wildman–Crippen MR) is 124 cm³/mol. The molecule has 33 heavy (non-hydrogen) atoms. The lowest BCUT2D eigenvalue weighted by molar-refractivity contribution is -0.167. The summed E-state index contributed by atoms with van der Waals surface area (Å²) < 4.78 is 10.8. The highest BCUT2D eigenvalue weighted by Crippen LogP contribution is 2.27. The summed E-state index contributed by atoms with van der Waals surface area (Å²) in [6.45, 7) is 12.5. The lowest BCUT2D eigenvalue weighted by atomic mass is 9.89. The summed E-state index contributed by atoms with van der Waals surface area (Å²) in [5.74, 6) is -2.18. The summed E-state index contributed by atoms with van der Waals surface area (Å²) in [5.41, 5.74) is -2.67. The number of carboxylic acids is 1. The van der Waals surface area contributed by atoms with Gasteiger partial charge < -0.3 is 25.2 Å². The first-order valence-corrected chi connectivity index (χ1v) is 11.0. The SMILES string of the molecule is CC(C)(C)OC(=O)CNCCNCCNC(CC(=O)O)(C(=O)OC(C)(C)C)c1ccccn1. The molecule has 10 heteroatoms. The van der Waals surface area contributed by atoms with Crippen molar-refractivity contribution in [3.05, 3.63) is 30.1 Å². The highest BCUT2D eigenvalue weighted by Gasteiger charge is 2.46. The molecular weight excluding hydrogens is 428 g/mol. The van der Waals surface area contributed by atoms with Gasteiger partial charge in [-0.2, -0.15) is 0 Å². The van der Waals surface area contributed by atoms with Gasteiger partial charge in [-0.15, -0.1) is 0 Å². The zero-order valence-corrected chi connectivity index (χ0v) is 20.5. The Bertz CT molecular complexity index is 773. The molecular formula is C23H38N4O6. The van der Waals surface area contributed by atoms with Crippen molar-refractivity contribution in [2.75, 3.05) is 32.7 Å². The van der Waals surface area contributed by atoms with E-state index in [0.29, 0.717) is 19.6 Å². The van der Waals surface area contributed by atoms with E-state index in [1.807, 2.05) is 20.8 Å². The number of carbonyl (C=O) groups is 3. The van der Waals surface area contributed by atoms with E-state index in [9.17, 15) is 19.5 Å². The molecule has 1 heterocycles. The number of nitrogens with zero attached hydrogens (tertiary/aromatic N) is 1. The fraction of sp³-hybridized carbons (Fsp3) is 0.652. The molecule has 10 nitrogen and oxygen atoms in total. The third-order valence-corrected chi connectivity index (χ3v) is 4.16. The van der Waals surface area contributed by atoms with Crippen molar-refractivity contribution in [1.82, 2.24) is 20.9 Å². The Balaban J connectivity index is 2.67. The number of carboxylic acid groups (broad SMARTS) is 1. The van der Waals surface area contributed by atoms with Crippen molar-refractivity contribution in [1.29, 1.82) is 0 Å². The van der Waals surface area contributed by atoms with Crippen LogP contribution in [0.25, 0.3) is 0 Å². The summed E-state index contributed by atoms with van der Waals surface area (Å²) >= 11 is 0. The second-order valence-corrected chi connectivity index (χ2v) is 9.63. The van der Waals surface area contributed by atoms with Gasteiger partial charge in [0, 0.05) is 32.4 Å². The topological polar surface area (TPSA) is 139 Å². The number of rotatable bonds is 13. The van der Waals surface area contributed by atoms with Gasteiger partial charge in [-0.05, 0) is 53.7 Å². The van der Waals surface area contributed by atoms with E-state index in [1.165, 1.54) is 6.20 Å². The van der Waals surface area contributed by atoms with E-state index in [2.05, 4.69) is 20.9 Å². The molecule has 1 rings (SSSR count). The number of esters is 2. The third kappa shape index (κ3) is 11.2. The maximum Gasteiger partial charge on any atom is 0.333 e. The van der Waals surface area contributed by atoms with Crippen LogP contribution in [0.15, 0.2) is 24.4 Å². The van der Waals surface area contributed by atoms with Crippen LogP contribution in [0.5, 0.6) is 0 Å². The lowest BCUT2D eigenvalue weighted by Gasteiger charge is -2.34. The number of aromatic nitrogens is 1. The monoisotopic (exact) mass is 466 g/mol. The van der Waals surface area contributed by atoms with Crippen molar-refractivity contribution >= 4 is 17.9 Å². The summed E-state index contributed by atoms with van der Waals surface area (Å²) in [5, 5.41) is 18.8. The van der Waals surface area contributed by atoms with Gasteiger partial charge >= 0.3 is 17.9 Å². The molecule has 0 saturated heterocycles. The van der Waals surface area contributed by atoms with Crippen LogP contribution in [-0.4, -0.2) is 71.9 Å². The minimum Gasteiger partial charge on any atom is -0.481 e. The van der Waals surface area contributed by atoms with Gasteiger partial charge in [0.1, 0.15) is 11.2 Å². The molecule has 1 aromatic heterocycles. The van der Waals surface area contributed by atoms with Crippen LogP contribution in [0.4, 0.5) is 0 Å². The second kappa shape index (κ2) is 12.6. The molecule has 0 aliphatic rings. The molecule has 0 radical (unpaired) electrons. The maximum absolute atomic E-state index is 13.1. The summed E-state index contributed by atoms with van der Waals surface area (Å²) in [4.78, 5) is 40.7. The van der Waals surface area contributed by atoms with Crippen LogP contribution in [-0.2, 0) is 29.4 Å². The Morgan fingerprint density at radius 1 is 0.909 bits per heavy atom. The van der Waals surface area contributed by atoms with Crippen molar-refractivity contribution in [2.45, 2.75) is 64.7 Å². The fourth-order valence-electron chi connectivity index (χ4n) is 2.93. The molecule has 4 N–H and O–H groups in total. The molecule has 1 aromatic rings.